The molecule has 4 rings (SSSR count). The molecule has 0 aliphatic carbocycles. The highest BCUT2D eigenvalue weighted by molar-refractivity contribution is 6.04. The van der Waals surface area contributed by atoms with Gasteiger partial charge in [-0.05, 0) is 48.0 Å². The molecule has 8 heteroatoms. The van der Waals surface area contributed by atoms with Gasteiger partial charge in [0.25, 0.3) is 5.91 Å². The second-order valence-corrected chi connectivity index (χ2v) is 6.70. The van der Waals surface area contributed by atoms with E-state index in [0.29, 0.717) is 23.2 Å². The normalized spacial score (nSPS) is 10.8. The minimum absolute atomic E-state index is 0.0778. The predicted molar refractivity (Wildman–Crippen MR) is 112 cm³/mol. The molecule has 0 saturated heterocycles. The molecular formula is C23H18F2N4O2. The van der Waals surface area contributed by atoms with Crippen molar-refractivity contribution in [3.8, 4) is 11.4 Å². The van der Waals surface area contributed by atoms with Crippen LogP contribution < -0.4 is 10.1 Å². The molecule has 6 nitrogen and oxygen atoms in total. The first-order chi connectivity index (χ1) is 15.1. The maximum atomic E-state index is 12.8. The standard InChI is InChI=1S/C23H18F2N4O2/c24-23(25)31-21-11-8-19(13-18(21)12-16-4-2-1-3-5-16)28-22(30)17-6-9-20(10-7-17)29-15-26-14-27-29/h1-11,13-15,23H,12H2,(H,28,30). The van der Waals surface area contributed by atoms with Crippen LogP contribution in [-0.4, -0.2) is 27.3 Å². The summed E-state index contributed by atoms with van der Waals surface area (Å²) in [6.45, 7) is -2.93. The average Bonchev–Trinajstić information content (AvgIpc) is 3.31. The van der Waals surface area contributed by atoms with Gasteiger partial charge in [-0.25, -0.2) is 9.67 Å². The summed E-state index contributed by atoms with van der Waals surface area (Å²) in [4.78, 5) is 16.5. The van der Waals surface area contributed by atoms with Gasteiger partial charge in [0.05, 0.1) is 5.69 Å². The van der Waals surface area contributed by atoms with Crippen molar-refractivity contribution in [1.82, 2.24) is 14.8 Å². The molecule has 0 spiro atoms. The number of hydrogen-bond donors (Lipinski definition) is 1. The number of alkyl halides is 2. The number of anilines is 1. The summed E-state index contributed by atoms with van der Waals surface area (Å²) in [7, 11) is 0. The summed E-state index contributed by atoms with van der Waals surface area (Å²) in [6, 6.07) is 20.9. The fourth-order valence-electron chi connectivity index (χ4n) is 3.13. The first kappa shape index (κ1) is 20.2. The lowest BCUT2D eigenvalue weighted by atomic mass is 10.0. The van der Waals surface area contributed by atoms with E-state index in [0.717, 1.165) is 11.3 Å². The van der Waals surface area contributed by atoms with E-state index in [1.54, 1.807) is 41.3 Å². The molecule has 1 heterocycles. The lowest BCUT2D eigenvalue weighted by molar-refractivity contribution is -0.0503. The molecule has 0 aliphatic heterocycles. The van der Waals surface area contributed by atoms with E-state index in [-0.39, 0.29) is 11.7 Å². The Morgan fingerprint density at radius 2 is 1.81 bits per heavy atom. The lowest BCUT2D eigenvalue weighted by Crippen LogP contribution is -2.13. The van der Waals surface area contributed by atoms with Gasteiger partial charge in [0.1, 0.15) is 18.4 Å². The van der Waals surface area contributed by atoms with Gasteiger partial charge in [0, 0.05) is 23.2 Å². The number of carbonyl (C=O) groups excluding carboxylic acids is 1. The third kappa shape index (κ3) is 5.11. The van der Waals surface area contributed by atoms with Crippen LogP contribution in [0.4, 0.5) is 14.5 Å². The highest BCUT2D eigenvalue weighted by Gasteiger charge is 2.13. The van der Waals surface area contributed by atoms with Gasteiger partial charge in [-0.3, -0.25) is 4.79 Å². The van der Waals surface area contributed by atoms with E-state index in [4.69, 9.17) is 0 Å². The Morgan fingerprint density at radius 3 is 2.48 bits per heavy atom. The van der Waals surface area contributed by atoms with Crippen LogP contribution >= 0.6 is 0 Å². The van der Waals surface area contributed by atoms with Crippen LogP contribution in [-0.2, 0) is 6.42 Å². The molecule has 1 amide bonds. The number of ether oxygens (including phenoxy) is 1. The molecule has 0 bridgehead atoms. The predicted octanol–water partition coefficient (Wildman–Crippen LogP) is 4.71. The van der Waals surface area contributed by atoms with Crippen LogP contribution in [0.25, 0.3) is 5.69 Å². The number of halogens is 2. The molecule has 0 radical (unpaired) electrons. The number of nitrogens with zero attached hydrogens (tertiary/aromatic N) is 3. The lowest BCUT2D eigenvalue weighted by Gasteiger charge is -2.14. The van der Waals surface area contributed by atoms with Crippen molar-refractivity contribution >= 4 is 11.6 Å². The zero-order valence-corrected chi connectivity index (χ0v) is 16.3. The number of carbonyl (C=O) groups is 1. The Labute approximate surface area is 177 Å². The van der Waals surface area contributed by atoms with Crippen molar-refractivity contribution < 1.29 is 18.3 Å². The average molecular weight is 420 g/mol. The number of nitrogens with one attached hydrogen (secondary N) is 1. The van der Waals surface area contributed by atoms with Crippen LogP contribution in [0.15, 0.2) is 85.5 Å². The third-order valence-electron chi connectivity index (χ3n) is 4.58. The molecule has 1 N–H and O–H groups in total. The van der Waals surface area contributed by atoms with E-state index in [1.165, 1.54) is 18.5 Å². The molecular weight excluding hydrogens is 402 g/mol. The molecule has 3 aromatic carbocycles. The second-order valence-electron chi connectivity index (χ2n) is 6.70. The second kappa shape index (κ2) is 9.17. The van der Waals surface area contributed by atoms with Crippen molar-refractivity contribution in [2.45, 2.75) is 13.0 Å². The molecule has 0 atom stereocenters. The fourth-order valence-corrected chi connectivity index (χ4v) is 3.13. The smallest absolute Gasteiger partial charge is 0.387 e. The largest absolute Gasteiger partial charge is 0.435 e. The topological polar surface area (TPSA) is 69.0 Å². The minimum Gasteiger partial charge on any atom is -0.435 e. The van der Waals surface area contributed by atoms with Crippen LogP contribution in [0.2, 0.25) is 0 Å². The fraction of sp³-hybridized carbons (Fsp3) is 0.0870. The van der Waals surface area contributed by atoms with Gasteiger partial charge in [-0.2, -0.15) is 13.9 Å². The van der Waals surface area contributed by atoms with E-state index < -0.39 is 6.61 Å². The molecule has 1 aromatic heterocycles. The number of aromatic nitrogens is 3. The first-order valence-corrected chi connectivity index (χ1v) is 9.46. The summed E-state index contributed by atoms with van der Waals surface area (Å²) >= 11 is 0. The molecule has 0 unspecified atom stereocenters. The number of rotatable bonds is 7. The van der Waals surface area contributed by atoms with Gasteiger partial charge < -0.3 is 10.1 Å². The number of benzene rings is 3. The Hall–Kier alpha value is -4.07. The van der Waals surface area contributed by atoms with Gasteiger partial charge in [-0.15, -0.1) is 0 Å². The SMILES string of the molecule is O=C(Nc1ccc(OC(F)F)c(Cc2ccccc2)c1)c1ccc(-n2cncn2)cc1. The number of amides is 1. The van der Waals surface area contributed by atoms with E-state index in [1.807, 2.05) is 30.3 Å². The highest BCUT2D eigenvalue weighted by atomic mass is 19.3. The summed E-state index contributed by atoms with van der Waals surface area (Å²) < 4.78 is 31.8. The molecule has 0 saturated carbocycles. The van der Waals surface area contributed by atoms with Crippen molar-refractivity contribution in [2.75, 3.05) is 5.32 Å². The maximum absolute atomic E-state index is 12.8. The summed E-state index contributed by atoms with van der Waals surface area (Å²) in [5, 5.41) is 6.84. The van der Waals surface area contributed by atoms with Gasteiger partial charge in [0.15, 0.2) is 0 Å². The molecule has 0 aliphatic rings. The van der Waals surface area contributed by atoms with Crippen LogP contribution in [0.1, 0.15) is 21.5 Å². The van der Waals surface area contributed by atoms with Crippen LogP contribution in [0.5, 0.6) is 5.75 Å². The third-order valence-corrected chi connectivity index (χ3v) is 4.58. The van der Waals surface area contributed by atoms with E-state index >= 15 is 0 Å². The quantitative estimate of drug-likeness (QED) is 0.470. The Morgan fingerprint density at radius 1 is 1.03 bits per heavy atom. The number of hydrogen-bond acceptors (Lipinski definition) is 4. The molecule has 31 heavy (non-hydrogen) atoms. The van der Waals surface area contributed by atoms with Crippen molar-refractivity contribution in [1.29, 1.82) is 0 Å². The summed E-state index contributed by atoms with van der Waals surface area (Å²) in [5.41, 5.74) is 3.19. The van der Waals surface area contributed by atoms with E-state index in [2.05, 4.69) is 20.1 Å². The van der Waals surface area contributed by atoms with Gasteiger partial charge in [-0.1, -0.05) is 30.3 Å². The Kier molecular flexibility index (Phi) is 5.98. The maximum Gasteiger partial charge on any atom is 0.387 e. The molecule has 4 aromatic rings. The monoisotopic (exact) mass is 420 g/mol. The van der Waals surface area contributed by atoms with Crippen molar-refractivity contribution in [3.63, 3.8) is 0 Å². The van der Waals surface area contributed by atoms with Crippen molar-refractivity contribution in [2.24, 2.45) is 0 Å². The van der Waals surface area contributed by atoms with Crippen LogP contribution in [0, 0.1) is 0 Å². The molecule has 156 valence electrons. The zero-order chi connectivity index (χ0) is 21.6. The van der Waals surface area contributed by atoms with Crippen molar-refractivity contribution in [3.05, 3.63) is 102 Å². The van der Waals surface area contributed by atoms with E-state index in [9.17, 15) is 13.6 Å². The summed E-state index contributed by atoms with van der Waals surface area (Å²) in [6.07, 6.45) is 3.38. The zero-order valence-electron chi connectivity index (χ0n) is 16.3. The highest BCUT2D eigenvalue weighted by Crippen LogP contribution is 2.27. The summed E-state index contributed by atoms with van der Waals surface area (Å²) in [5.74, 6) is -0.243. The first-order valence-electron chi connectivity index (χ1n) is 9.46. The van der Waals surface area contributed by atoms with Crippen LogP contribution in [0.3, 0.4) is 0 Å². The van der Waals surface area contributed by atoms with Gasteiger partial charge in [0.2, 0.25) is 0 Å². The van der Waals surface area contributed by atoms with Gasteiger partial charge >= 0.3 is 6.61 Å². The Balaban J connectivity index is 1.53. The minimum atomic E-state index is -2.93. The Bertz CT molecular complexity index is 1150. The molecule has 0 fully saturated rings.